The largest absolute Gasteiger partial charge is 0.461 e. The summed E-state index contributed by atoms with van der Waals surface area (Å²) in [6, 6.07) is 17.8. The number of nitrogens with zero attached hydrogens (tertiary/aromatic N) is 3. The van der Waals surface area contributed by atoms with Crippen LogP contribution in [0.25, 0.3) is 22.4 Å². The van der Waals surface area contributed by atoms with Crippen molar-refractivity contribution < 1.29 is 9.21 Å². The van der Waals surface area contributed by atoms with Gasteiger partial charge in [-0.1, -0.05) is 42.5 Å². The van der Waals surface area contributed by atoms with Crippen molar-refractivity contribution in [3.05, 3.63) is 76.9 Å². The van der Waals surface area contributed by atoms with Crippen LogP contribution >= 0.6 is 0 Å². The van der Waals surface area contributed by atoms with Crippen LogP contribution in [-0.4, -0.2) is 26.8 Å². The number of carbonyl (C=O) groups is 1. The first-order valence-electron chi connectivity index (χ1n) is 10.2. The van der Waals surface area contributed by atoms with Gasteiger partial charge in [0.15, 0.2) is 5.76 Å². The predicted molar refractivity (Wildman–Crippen MR) is 113 cm³/mol. The number of aromatic nitrogens is 3. The lowest BCUT2D eigenvalue weighted by atomic mass is 10.0. The van der Waals surface area contributed by atoms with E-state index in [4.69, 9.17) is 4.42 Å². The first kappa shape index (κ1) is 18.4. The molecule has 1 aliphatic rings. The van der Waals surface area contributed by atoms with Crippen LogP contribution in [0.15, 0.2) is 70.1 Å². The highest BCUT2D eigenvalue weighted by atomic mass is 16.3. The lowest BCUT2D eigenvalue weighted by Gasteiger charge is -2.08. The first-order valence-corrected chi connectivity index (χ1v) is 10.2. The number of rotatable bonds is 7. The molecule has 0 spiro atoms. The summed E-state index contributed by atoms with van der Waals surface area (Å²) < 4.78 is 8.56. The molecule has 0 unspecified atom stereocenters. The Labute approximate surface area is 172 Å². The predicted octanol–water partition coefficient (Wildman–Crippen LogP) is 3.15. The maximum Gasteiger partial charge on any atom is 0.346 e. The van der Waals surface area contributed by atoms with Crippen LogP contribution in [0.2, 0.25) is 0 Å². The van der Waals surface area contributed by atoms with Crippen LogP contribution in [0.4, 0.5) is 0 Å². The molecule has 1 amide bonds. The number of carbonyl (C=O) groups excluding carboxylic acids is 1. The second-order valence-electron chi connectivity index (χ2n) is 7.57. The van der Waals surface area contributed by atoms with Crippen LogP contribution in [0.3, 0.4) is 0 Å². The molecule has 4 aromatic rings. The lowest BCUT2D eigenvalue weighted by Crippen LogP contribution is -2.32. The molecule has 1 N–H and O–H groups in total. The van der Waals surface area contributed by atoms with Gasteiger partial charge in [-0.05, 0) is 41.3 Å². The fraction of sp³-hybridized carbons (Fsp3) is 0.261. The van der Waals surface area contributed by atoms with E-state index in [0.717, 1.165) is 29.2 Å². The second-order valence-corrected chi connectivity index (χ2v) is 7.57. The molecule has 152 valence electrons. The Balaban J connectivity index is 1.26. The summed E-state index contributed by atoms with van der Waals surface area (Å²) >= 11 is 0. The number of hydrogen-bond acceptors (Lipinski definition) is 4. The van der Waals surface area contributed by atoms with Crippen molar-refractivity contribution in [2.75, 3.05) is 6.54 Å². The van der Waals surface area contributed by atoms with Crippen molar-refractivity contribution in [3.63, 3.8) is 0 Å². The SMILES string of the molecule is O=C(Cc1cccc2ccccc12)NCCn1nc(-c2ccco2)n(C2CC2)c1=O. The third-order valence-electron chi connectivity index (χ3n) is 5.40. The van der Waals surface area contributed by atoms with Crippen molar-refractivity contribution in [1.82, 2.24) is 19.7 Å². The molecule has 30 heavy (non-hydrogen) atoms. The van der Waals surface area contributed by atoms with Gasteiger partial charge in [0.2, 0.25) is 11.7 Å². The summed E-state index contributed by atoms with van der Waals surface area (Å²) in [6.07, 6.45) is 3.82. The minimum atomic E-state index is -0.160. The normalized spacial score (nSPS) is 13.6. The third kappa shape index (κ3) is 3.54. The van der Waals surface area contributed by atoms with Gasteiger partial charge >= 0.3 is 5.69 Å². The maximum absolute atomic E-state index is 12.8. The molecule has 1 saturated carbocycles. The van der Waals surface area contributed by atoms with E-state index in [-0.39, 0.29) is 17.6 Å². The third-order valence-corrected chi connectivity index (χ3v) is 5.40. The van der Waals surface area contributed by atoms with E-state index >= 15 is 0 Å². The first-order chi connectivity index (χ1) is 14.7. The highest BCUT2D eigenvalue weighted by Gasteiger charge is 2.31. The zero-order valence-electron chi connectivity index (χ0n) is 16.5. The zero-order chi connectivity index (χ0) is 20.5. The van der Waals surface area contributed by atoms with E-state index < -0.39 is 0 Å². The van der Waals surface area contributed by atoms with Crippen LogP contribution < -0.4 is 11.0 Å². The molecule has 1 aliphatic carbocycles. The van der Waals surface area contributed by atoms with Crippen molar-refractivity contribution in [3.8, 4) is 11.6 Å². The number of amides is 1. The van der Waals surface area contributed by atoms with Crippen LogP contribution in [0.5, 0.6) is 0 Å². The van der Waals surface area contributed by atoms with Gasteiger partial charge in [-0.3, -0.25) is 9.36 Å². The van der Waals surface area contributed by atoms with Gasteiger partial charge < -0.3 is 9.73 Å². The lowest BCUT2D eigenvalue weighted by molar-refractivity contribution is -0.120. The zero-order valence-corrected chi connectivity index (χ0v) is 16.5. The fourth-order valence-corrected chi connectivity index (χ4v) is 3.78. The van der Waals surface area contributed by atoms with Crippen molar-refractivity contribution >= 4 is 16.7 Å². The molecule has 1 fully saturated rings. The summed E-state index contributed by atoms with van der Waals surface area (Å²) in [4.78, 5) is 25.3. The minimum Gasteiger partial charge on any atom is -0.461 e. The van der Waals surface area contributed by atoms with E-state index in [2.05, 4.69) is 10.4 Å². The van der Waals surface area contributed by atoms with E-state index in [9.17, 15) is 9.59 Å². The molecule has 0 bridgehead atoms. The molecule has 2 heterocycles. The molecule has 5 rings (SSSR count). The Kier molecular flexibility index (Phi) is 4.71. The van der Waals surface area contributed by atoms with Gasteiger partial charge in [-0.2, -0.15) is 0 Å². The summed E-state index contributed by atoms with van der Waals surface area (Å²) in [5, 5.41) is 9.56. The summed E-state index contributed by atoms with van der Waals surface area (Å²) in [6.45, 7) is 0.649. The standard InChI is InChI=1S/C23H22N4O3/c28-21(15-17-7-3-6-16-5-1-2-8-19(16)17)24-12-13-26-23(29)27(18-10-11-18)22(25-26)20-9-4-14-30-20/h1-9,14,18H,10-13,15H2,(H,24,28). The van der Waals surface area contributed by atoms with E-state index in [0.29, 0.717) is 31.1 Å². The summed E-state index contributed by atoms with van der Waals surface area (Å²) in [7, 11) is 0. The Hall–Kier alpha value is -3.61. The van der Waals surface area contributed by atoms with Gasteiger partial charge in [-0.25, -0.2) is 9.48 Å². The Morgan fingerprint density at radius 2 is 1.93 bits per heavy atom. The molecule has 2 aromatic carbocycles. The van der Waals surface area contributed by atoms with E-state index in [1.54, 1.807) is 23.0 Å². The van der Waals surface area contributed by atoms with Crippen LogP contribution in [0, 0.1) is 0 Å². The van der Waals surface area contributed by atoms with E-state index in [1.807, 2.05) is 42.5 Å². The van der Waals surface area contributed by atoms with Gasteiger partial charge in [0, 0.05) is 12.6 Å². The topological polar surface area (TPSA) is 82.1 Å². The molecule has 0 aliphatic heterocycles. The molecule has 2 aromatic heterocycles. The Morgan fingerprint density at radius 1 is 1.10 bits per heavy atom. The summed E-state index contributed by atoms with van der Waals surface area (Å²) in [5.41, 5.74) is 0.827. The maximum atomic E-state index is 12.8. The second kappa shape index (κ2) is 7.67. The number of furan rings is 1. The molecule has 7 heteroatoms. The Morgan fingerprint density at radius 3 is 2.73 bits per heavy atom. The van der Waals surface area contributed by atoms with E-state index in [1.165, 1.54) is 4.68 Å². The number of fused-ring (bicyclic) bond motifs is 1. The van der Waals surface area contributed by atoms with Gasteiger partial charge in [-0.15, -0.1) is 5.10 Å². The fourth-order valence-electron chi connectivity index (χ4n) is 3.78. The quantitative estimate of drug-likeness (QED) is 0.515. The smallest absolute Gasteiger partial charge is 0.346 e. The molecule has 0 radical (unpaired) electrons. The highest BCUT2D eigenvalue weighted by Crippen LogP contribution is 2.36. The number of hydrogen-bond donors (Lipinski definition) is 1. The van der Waals surface area contributed by atoms with Gasteiger partial charge in [0.1, 0.15) is 0 Å². The average Bonchev–Trinajstić information content (AvgIpc) is 3.33. The molecule has 0 saturated heterocycles. The van der Waals surface area contributed by atoms with Crippen molar-refractivity contribution in [1.29, 1.82) is 0 Å². The van der Waals surface area contributed by atoms with Gasteiger partial charge in [0.05, 0.1) is 19.2 Å². The van der Waals surface area contributed by atoms with Gasteiger partial charge in [0.25, 0.3) is 0 Å². The van der Waals surface area contributed by atoms with Crippen molar-refractivity contribution in [2.24, 2.45) is 0 Å². The van der Waals surface area contributed by atoms with Crippen LogP contribution in [-0.2, 0) is 17.8 Å². The monoisotopic (exact) mass is 402 g/mol. The molecule has 7 nitrogen and oxygen atoms in total. The molecular formula is C23H22N4O3. The molecule has 0 atom stereocenters. The minimum absolute atomic E-state index is 0.0766. The van der Waals surface area contributed by atoms with Crippen molar-refractivity contribution in [2.45, 2.75) is 31.8 Å². The number of benzene rings is 2. The Bertz CT molecular complexity index is 1240. The average molecular weight is 402 g/mol. The highest BCUT2D eigenvalue weighted by molar-refractivity contribution is 5.90. The van der Waals surface area contributed by atoms with Crippen LogP contribution in [0.1, 0.15) is 24.4 Å². The molecular weight excluding hydrogens is 380 g/mol. The summed E-state index contributed by atoms with van der Waals surface area (Å²) in [5.74, 6) is 1.06. The number of nitrogens with one attached hydrogen (secondary N) is 1.